The minimum Gasteiger partial charge on any atom is -0.435 e. The fraction of sp³-hybridized carbons (Fsp3) is 0.250. The second-order valence-electron chi connectivity index (χ2n) is 6.81. The largest absolute Gasteiger partial charge is 0.435 e. The van der Waals surface area contributed by atoms with Gasteiger partial charge in [0.05, 0.1) is 5.75 Å². The summed E-state index contributed by atoms with van der Waals surface area (Å²) < 4.78 is 30.2. The first-order valence-corrected chi connectivity index (χ1v) is 10.2. The van der Waals surface area contributed by atoms with Gasteiger partial charge < -0.3 is 15.5 Å². The van der Waals surface area contributed by atoms with Gasteiger partial charge in [-0.25, -0.2) is 4.68 Å². The Morgan fingerprint density at radius 2 is 1.97 bits per heavy atom. The maximum atomic E-state index is 12.8. The molecule has 2 aromatic carbocycles. The quantitative estimate of drug-likeness (QED) is 0.476. The predicted octanol–water partition coefficient (Wildman–Crippen LogP) is 3.33. The van der Waals surface area contributed by atoms with Gasteiger partial charge in [-0.15, -0.1) is 10.2 Å². The monoisotopic (exact) mass is 431 g/mol. The van der Waals surface area contributed by atoms with Crippen LogP contribution in [0.2, 0.25) is 0 Å². The van der Waals surface area contributed by atoms with Crippen molar-refractivity contribution in [3.05, 3.63) is 54.1 Å². The third-order valence-electron chi connectivity index (χ3n) is 4.80. The van der Waals surface area contributed by atoms with E-state index in [1.807, 2.05) is 36.1 Å². The average Bonchev–Trinajstić information content (AvgIpc) is 3.25. The van der Waals surface area contributed by atoms with E-state index >= 15 is 0 Å². The molecular weight excluding hydrogens is 412 g/mol. The number of nitrogens with two attached hydrogens (primary N) is 1. The van der Waals surface area contributed by atoms with Crippen LogP contribution in [0.15, 0.2) is 53.7 Å². The Morgan fingerprint density at radius 1 is 1.23 bits per heavy atom. The van der Waals surface area contributed by atoms with E-state index < -0.39 is 6.61 Å². The van der Waals surface area contributed by atoms with Crippen LogP contribution in [0.1, 0.15) is 12.5 Å². The Bertz CT molecular complexity index is 1060. The zero-order valence-electron chi connectivity index (χ0n) is 16.0. The summed E-state index contributed by atoms with van der Waals surface area (Å²) >= 11 is 1.20. The molecule has 1 aromatic heterocycles. The zero-order chi connectivity index (χ0) is 21.3. The molecule has 30 heavy (non-hydrogen) atoms. The fourth-order valence-corrected chi connectivity index (χ4v) is 4.21. The number of amides is 1. The van der Waals surface area contributed by atoms with Gasteiger partial charge in [0.25, 0.3) is 0 Å². The molecule has 10 heteroatoms. The van der Waals surface area contributed by atoms with Crippen LogP contribution in [0, 0.1) is 0 Å². The third kappa shape index (κ3) is 3.95. The molecule has 7 nitrogen and oxygen atoms in total. The molecule has 2 heterocycles. The van der Waals surface area contributed by atoms with Crippen LogP contribution in [0.3, 0.4) is 0 Å². The van der Waals surface area contributed by atoms with Crippen molar-refractivity contribution in [1.29, 1.82) is 0 Å². The van der Waals surface area contributed by atoms with E-state index in [4.69, 9.17) is 5.84 Å². The number of carbonyl (C=O) groups is 1. The normalized spacial score (nSPS) is 15.5. The van der Waals surface area contributed by atoms with E-state index in [1.54, 1.807) is 12.1 Å². The Morgan fingerprint density at radius 3 is 2.70 bits per heavy atom. The summed E-state index contributed by atoms with van der Waals surface area (Å²) in [7, 11) is 0. The summed E-state index contributed by atoms with van der Waals surface area (Å²) in [6.07, 6.45) is 0.828. The number of fused-ring (bicyclic) bond motifs is 1. The van der Waals surface area contributed by atoms with Crippen LogP contribution in [0.5, 0.6) is 5.75 Å². The van der Waals surface area contributed by atoms with E-state index in [-0.39, 0.29) is 23.5 Å². The number of anilines is 1. The molecular formula is C20H19F2N5O2S. The molecule has 0 saturated carbocycles. The van der Waals surface area contributed by atoms with Gasteiger partial charge >= 0.3 is 6.61 Å². The predicted molar refractivity (Wildman–Crippen MR) is 110 cm³/mol. The van der Waals surface area contributed by atoms with Crippen molar-refractivity contribution in [1.82, 2.24) is 14.9 Å². The van der Waals surface area contributed by atoms with Crippen molar-refractivity contribution < 1.29 is 18.3 Å². The standard InChI is InChI=1S/C20H19F2N5O2S/c1-12-10-14-4-2-3-5-16(14)26(12)17(28)11-30-20-25-24-18(27(20)23)13-6-8-15(9-7-13)29-19(21)22/h2-9,12,19H,10-11,23H2,1H3. The fourth-order valence-electron chi connectivity index (χ4n) is 3.50. The van der Waals surface area contributed by atoms with Gasteiger partial charge in [0.15, 0.2) is 5.82 Å². The number of rotatable bonds is 6. The lowest BCUT2D eigenvalue weighted by molar-refractivity contribution is -0.116. The average molecular weight is 431 g/mol. The number of nitrogens with zero attached hydrogens (tertiary/aromatic N) is 4. The Labute approximate surface area is 175 Å². The minimum atomic E-state index is -2.89. The molecule has 1 unspecified atom stereocenters. The molecule has 156 valence electrons. The van der Waals surface area contributed by atoms with Crippen molar-refractivity contribution in [2.24, 2.45) is 0 Å². The molecule has 1 atom stereocenters. The Kier molecular flexibility index (Phi) is 5.58. The zero-order valence-corrected chi connectivity index (χ0v) is 16.9. The molecule has 1 aliphatic heterocycles. The van der Waals surface area contributed by atoms with Crippen molar-refractivity contribution in [3.8, 4) is 17.1 Å². The van der Waals surface area contributed by atoms with Gasteiger partial charge in [-0.05, 0) is 49.2 Å². The molecule has 0 radical (unpaired) electrons. The Balaban J connectivity index is 1.44. The smallest absolute Gasteiger partial charge is 0.387 e. The molecule has 1 amide bonds. The van der Waals surface area contributed by atoms with Crippen molar-refractivity contribution in [2.75, 3.05) is 16.5 Å². The van der Waals surface area contributed by atoms with E-state index in [9.17, 15) is 13.6 Å². The van der Waals surface area contributed by atoms with Crippen LogP contribution in [0.4, 0.5) is 14.5 Å². The second kappa shape index (κ2) is 8.31. The maximum absolute atomic E-state index is 12.8. The van der Waals surface area contributed by atoms with Gasteiger partial charge in [-0.1, -0.05) is 30.0 Å². The summed E-state index contributed by atoms with van der Waals surface area (Å²) in [5.74, 6) is 6.62. The van der Waals surface area contributed by atoms with E-state index in [1.165, 1.54) is 28.6 Å². The van der Waals surface area contributed by atoms with Crippen molar-refractivity contribution in [2.45, 2.75) is 31.2 Å². The molecule has 3 aromatic rings. The number of hydrogen-bond donors (Lipinski definition) is 1. The maximum Gasteiger partial charge on any atom is 0.387 e. The van der Waals surface area contributed by atoms with Crippen LogP contribution in [-0.4, -0.2) is 39.2 Å². The van der Waals surface area contributed by atoms with Crippen LogP contribution in [-0.2, 0) is 11.2 Å². The van der Waals surface area contributed by atoms with E-state index in [0.717, 1.165) is 17.7 Å². The van der Waals surface area contributed by atoms with Crippen LogP contribution in [0.25, 0.3) is 11.4 Å². The SMILES string of the molecule is CC1Cc2ccccc2N1C(=O)CSc1nnc(-c2ccc(OC(F)F)cc2)n1N. The third-order valence-corrected chi connectivity index (χ3v) is 5.73. The number of aromatic nitrogens is 3. The summed E-state index contributed by atoms with van der Waals surface area (Å²) in [5, 5.41) is 8.49. The molecule has 0 aliphatic carbocycles. The molecule has 2 N–H and O–H groups in total. The van der Waals surface area contributed by atoms with Gasteiger partial charge in [0.1, 0.15) is 5.75 Å². The molecule has 0 bridgehead atoms. The highest BCUT2D eigenvalue weighted by Gasteiger charge is 2.30. The number of nitrogen functional groups attached to an aromatic ring is 1. The van der Waals surface area contributed by atoms with Crippen LogP contribution < -0.4 is 15.5 Å². The van der Waals surface area contributed by atoms with E-state index in [0.29, 0.717) is 16.5 Å². The molecule has 0 saturated heterocycles. The lowest BCUT2D eigenvalue weighted by Crippen LogP contribution is -2.37. The Hall–Kier alpha value is -3.14. The number of para-hydroxylation sites is 1. The first kappa shape index (κ1) is 20.1. The molecule has 1 aliphatic rings. The number of carbonyl (C=O) groups excluding carboxylic acids is 1. The highest BCUT2D eigenvalue weighted by atomic mass is 32.2. The number of alkyl halides is 2. The number of hydrogen-bond acceptors (Lipinski definition) is 6. The first-order valence-electron chi connectivity index (χ1n) is 9.22. The minimum absolute atomic E-state index is 0.0319. The first-order chi connectivity index (χ1) is 14.4. The second-order valence-corrected chi connectivity index (χ2v) is 7.76. The highest BCUT2D eigenvalue weighted by molar-refractivity contribution is 7.99. The summed E-state index contributed by atoms with van der Waals surface area (Å²) in [4.78, 5) is 14.6. The summed E-state index contributed by atoms with van der Waals surface area (Å²) in [6, 6.07) is 13.9. The summed E-state index contributed by atoms with van der Waals surface area (Å²) in [5.41, 5.74) is 2.69. The number of halogens is 2. The number of thioether (sulfide) groups is 1. The molecule has 0 fully saturated rings. The topological polar surface area (TPSA) is 86.3 Å². The highest BCUT2D eigenvalue weighted by Crippen LogP contribution is 2.33. The number of benzene rings is 2. The van der Waals surface area contributed by atoms with Crippen LogP contribution >= 0.6 is 11.8 Å². The van der Waals surface area contributed by atoms with Gasteiger partial charge in [-0.2, -0.15) is 8.78 Å². The summed E-state index contributed by atoms with van der Waals surface area (Å²) in [6.45, 7) is -0.868. The van der Waals surface area contributed by atoms with Gasteiger partial charge in [-0.3, -0.25) is 4.79 Å². The van der Waals surface area contributed by atoms with Crippen molar-refractivity contribution in [3.63, 3.8) is 0 Å². The van der Waals surface area contributed by atoms with E-state index in [2.05, 4.69) is 14.9 Å². The molecule has 0 spiro atoms. The lowest BCUT2D eigenvalue weighted by Gasteiger charge is -2.22. The number of ether oxygens (including phenoxy) is 1. The lowest BCUT2D eigenvalue weighted by atomic mass is 10.1. The van der Waals surface area contributed by atoms with Gasteiger partial charge in [0.2, 0.25) is 11.1 Å². The molecule has 4 rings (SSSR count). The van der Waals surface area contributed by atoms with Gasteiger partial charge in [0, 0.05) is 17.3 Å². The van der Waals surface area contributed by atoms with Crippen molar-refractivity contribution >= 4 is 23.4 Å².